The first-order valence-electron chi connectivity index (χ1n) is 10.7. The minimum absolute atomic E-state index is 0.00581. The minimum atomic E-state index is 0.00581. The topological polar surface area (TPSA) is 66.5 Å². The lowest BCUT2D eigenvalue weighted by molar-refractivity contribution is 0.0928. The molecule has 0 aliphatic carbocycles. The predicted octanol–water partition coefficient (Wildman–Crippen LogP) is 2.61. The van der Waals surface area contributed by atoms with Crippen molar-refractivity contribution >= 4 is 5.91 Å². The number of nitrogens with zero attached hydrogens (tertiary/aromatic N) is 2. The Hall–Kier alpha value is -2.44. The van der Waals surface area contributed by atoms with E-state index in [4.69, 9.17) is 4.74 Å². The molecule has 4 rings (SSSR count). The van der Waals surface area contributed by atoms with Crippen molar-refractivity contribution in [1.82, 2.24) is 20.5 Å². The van der Waals surface area contributed by atoms with Crippen LogP contribution in [-0.2, 0) is 6.54 Å². The number of pyridine rings is 1. The Morgan fingerprint density at radius 1 is 1.07 bits per heavy atom. The normalized spacial score (nSPS) is 19.0. The highest BCUT2D eigenvalue weighted by Crippen LogP contribution is 2.20. The highest BCUT2D eigenvalue weighted by Gasteiger charge is 2.21. The molecule has 0 unspecified atom stereocenters. The summed E-state index contributed by atoms with van der Waals surface area (Å²) >= 11 is 0. The second kappa shape index (κ2) is 9.85. The van der Waals surface area contributed by atoms with Crippen LogP contribution < -0.4 is 15.4 Å². The van der Waals surface area contributed by atoms with Crippen molar-refractivity contribution in [2.75, 3.05) is 26.2 Å². The zero-order chi connectivity index (χ0) is 19.9. The van der Waals surface area contributed by atoms with Crippen LogP contribution in [0.25, 0.3) is 0 Å². The maximum Gasteiger partial charge on any atom is 0.251 e. The Kier molecular flexibility index (Phi) is 6.75. The van der Waals surface area contributed by atoms with Crippen molar-refractivity contribution in [2.24, 2.45) is 0 Å². The summed E-state index contributed by atoms with van der Waals surface area (Å²) in [6.07, 6.45) is 6.07. The van der Waals surface area contributed by atoms with Crippen molar-refractivity contribution in [3.63, 3.8) is 0 Å². The summed E-state index contributed by atoms with van der Waals surface area (Å²) in [5.41, 5.74) is 1.81. The number of benzene rings is 1. The molecule has 3 heterocycles. The van der Waals surface area contributed by atoms with E-state index in [0.717, 1.165) is 69.9 Å². The molecule has 0 saturated carbocycles. The molecule has 1 aromatic heterocycles. The number of carbonyl (C=O) groups is 1. The lowest BCUT2D eigenvalue weighted by Gasteiger charge is -2.31. The summed E-state index contributed by atoms with van der Waals surface area (Å²) in [7, 11) is 0. The summed E-state index contributed by atoms with van der Waals surface area (Å²) in [6.45, 7) is 4.86. The number of carbonyl (C=O) groups excluding carboxylic acids is 1. The van der Waals surface area contributed by atoms with Crippen LogP contribution in [0.2, 0.25) is 0 Å². The molecule has 2 fully saturated rings. The number of amides is 1. The van der Waals surface area contributed by atoms with Crippen LogP contribution in [-0.4, -0.2) is 54.1 Å². The van der Waals surface area contributed by atoms with Gasteiger partial charge in [0.25, 0.3) is 5.91 Å². The standard InChI is InChI=1S/C23H30N4O2/c28-23(26-19-8-13-24-14-9-19)18-4-6-21(7-5-18)29-22-10-15-27(16-11-22)17-20-3-1-2-12-25-20/h1-7,12,19,22,24H,8-11,13-17H2,(H,26,28). The zero-order valence-corrected chi connectivity index (χ0v) is 16.8. The van der Waals surface area contributed by atoms with Gasteiger partial charge in [0.15, 0.2) is 0 Å². The molecule has 0 bridgehead atoms. The van der Waals surface area contributed by atoms with Gasteiger partial charge < -0.3 is 15.4 Å². The van der Waals surface area contributed by atoms with E-state index in [-0.39, 0.29) is 18.1 Å². The second-order valence-electron chi connectivity index (χ2n) is 7.94. The summed E-state index contributed by atoms with van der Waals surface area (Å²) in [5.74, 6) is 0.845. The number of rotatable bonds is 6. The maximum absolute atomic E-state index is 12.4. The fraction of sp³-hybridized carbons (Fsp3) is 0.478. The SMILES string of the molecule is O=C(NC1CCNCC1)c1ccc(OC2CCN(Cc3ccccn3)CC2)cc1. The first-order valence-corrected chi connectivity index (χ1v) is 10.7. The molecule has 0 radical (unpaired) electrons. The molecule has 1 amide bonds. The highest BCUT2D eigenvalue weighted by atomic mass is 16.5. The van der Waals surface area contributed by atoms with Gasteiger partial charge in [0, 0.05) is 37.4 Å². The van der Waals surface area contributed by atoms with E-state index < -0.39 is 0 Å². The van der Waals surface area contributed by atoms with E-state index in [0.29, 0.717) is 5.56 Å². The van der Waals surface area contributed by atoms with Gasteiger partial charge in [-0.25, -0.2) is 0 Å². The highest BCUT2D eigenvalue weighted by molar-refractivity contribution is 5.94. The molecule has 2 aromatic rings. The molecule has 0 spiro atoms. The van der Waals surface area contributed by atoms with Gasteiger partial charge in [0.2, 0.25) is 0 Å². The van der Waals surface area contributed by atoms with Gasteiger partial charge in [0.05, 0.1) is 5.69 Å². The average Bonchev–Trinajstić information content (AvgIpc) is 2.77. The minimum Gasteiger partial charge on any atom is -0.490 e. The van der Waals surface area contributed by atoms with Crippen molar-refractivity contribution in [3.8, 4) is 5.75 Å². The Morgan fingerprint density at radius 2 is 1.83 bits per heavy atom. The molecule has 2 N–H and O–H groups in total. The van der Waals surface area contributed by atoms with Crippen LogP contribution in [0.1, 0.15) is 41.7 Å². The number of hydrogen-bond donors (Lipinski definition) is 2. The average molecular weight is 395 g/mol. The van der Waals surface area contributed by atoms with Gasteiger partial charge in [-0.15, -0.1) is 0 Å². The number of hydrogen-bond acceptors (Lipinski definition) is 5. The van der Waals surface area contributed by atoms with Gasteiger partial charge in [-0.3, -0.25) is 14.7 Å². The van der Waals surface area contributed by atoms with Crippen LogP contribution >= 0.6 is 0 Å². The Bertz CT molecular complexity index is 767. The van der Waals surface area contributed by atoms with Gasteiger partial charge in [-0.1, -0.05) is 6.07 Å². The molecule has 154 valence electrons. The van der Waals surface area contributed by atoms with E-state index in [1.807, 2.05) is 42.6 Å². The maximum atomic E-state index is 12.4. The van der Waals surface area contributed by atoms with Gasteiger partial charge in [0.1, 0.15) is 11.9 Å². The third-order valence-electron chi connectivity index (χ3n) is 5.74. The monoisotopic (exact) mass is 394 g/mol. The van der Waals surface area contributed by atoms with Crippen LogP contribution in [0.4, 0.5) is 0 Å². The number of ether oxygens (including phenoxy) is 1. The van der Waals surface area contributed by atoms with Crippen LogP contribution in [0.15, 0.2) is 48.7 Å². The summed E-state index contributed by atoms with van der Waals surface area (Å²) < 4.78 is 6.16. The third-order valence-corrected chi connectivity index (χ3v) is 5.74. The van der Waals surface area contributed by atoms with Crippen molar-refractivity contribution in [2.45, 2.75) is 44.4 Å². The summed E-state index contributed by atoms with van der Waals surface area (Å²) in [4.78, 5) is 19.3. The summed E-state index contributed by atoms with van der Waals surface area (Å²) in [6, 6.07) is 13.9. The zero-order valence-electron chi connectivity index (χ0n) is 16.8. The number of likely N-dealkylation sites (tertiary alicyclic amines) is 1. The van der Waals surface area contributed by atoms with E-state index >= 15 is 0 Å². The van der Waals surface area contributed by atoms with Crippen LogP contribution in [0, 0.1) is 0 Å². The number of nitrogens with one attached hydrogen (secondary N) is 2. The van der Waals surface area contributed by atoms with Crippen LogP contribution in [0.3, 0.4) is 0 Å². The fourth-order valence-electron chi connectivity index (χ4n) is 4.02. The third kappa shape index (κ3) is 5.78. The first kappa shape index (κ1) is 19.9. The predicted molar refractivity (Wildman–Crippen MR) is 113 cm³/mol. The fourth-order valence-corrected chi connectivity index (χ4v) is 4.02. The van der Waals surface area contributed by atoms with Gasteiger partial charge in [-0.05, 0) is 75.2 Å². The molecular formula is C23H30N4O2. The Balaban J connectivity index is 1.22. The lowest BCUT2D eigenvalue weighted by atomic mass is 10.1. The molecular weight excluding hydrogens is 364 g/mol. The Morgan fingerprint density at radius 3 is 2.52 bits per heavy atom. The van der Waals surface area contributed by atoms with Crippen molar-refractivity contribution in [1.29, 1.82) is 0 Å². The van der Waals surface area contributed by atoms with Crippen molar-refractivity contribution < 1.29 is 9.53 Å². The Labute approximate surface area is 172 Å². The summed E-state index contributed by atoms with van der Waals surface area (Å²) in [5, 5.41) is 6.45. The van der Waals surface area contributed by atoms with E-state index in [2.05, 4.69) is 26.6 Å². The first-order chi connectivity index (χ1) is 14.3. The molecule has 0 atom stereocenters. The molecule has 6 heteroatoms. The molecule has 2 saturated heterocycles. The smallest absolute Gasteiger partial charge is 0.251 e. The molecule has 2 aliphatic heterocycles. The van der Waals surface area contributed by atoms with Gasteiger partial charge in [-0.2, -0.15) is 0 Å². The molecule has 6 nitrogen and oxygen atoms in total. The van der Waals surface area contributed by atoms with E-state index in [1.165, 1.54) is 0 Å². The van der Waals surface area contributed by atoms with E-state index in [9.17, 15) is 4.79 Å². The number of aromatic nitrogens is 1. The van der Waals surface area contributed by atoms with Crippen LogP contribution in [0.5, 0.6) is 5.75 Å². The van der Waals surface area contributed by atoms with E-state index in [1.54, 1.807) is 0 Å². The quantitative estimate of drug-likeness (QED) is 0.788. The second-order valence-corrected chi connectivity index (χ2v) is 7.94. The lowest BCUT2D eigenvalue weighted by Crippen LogP contribution is -2.42. The molecule has 29 heavy (non-hydrogen) atoms. The largest absolute Gasteiger partial charge is 0.490 e. The van der Waals surface area contributed by atoms with Crippen molar-refractivity contribution in [3.05, 3.63) is 59.9 Å². The molecule has 1 aromatic carbocycles. The molecule has 2 aliphatic rings. The number of piperidine rings is 2. The van der Waals surface area contributed by atoms with Gasteiger partial charge >= 0.3 is 0 Å².